The number of carbonyl (C=O) groups is 2. The molecular formula is C41H76O12S. The number of hydrogen-bond acceptors (Lipinski definition) is 11. The lowest BCUT2D eigenvalue weighted by atomic mass is 10.00. The summed E-state index contributed by atoms with van der Waals surface area (Å²) >= 11 is 0. The minimum Gasteiger partial charge on any atom is -0.462 e. The van der Waals surface area contributed by atoms with Crippen molar-refractivity contribution in [3.8, 4) is 0 Å². The zero-order valence-corrected chi connectivity index (χ0v) is 34.4. The molecule has 1 saturated heterocycles. The lowest BCUT2D eigenvalue weighted by molar-refractivity contribution is -0.297. The van der Waals surface area contributed by atoms with Gasteiger partial charge in [0.25, 0.3) is 10.1 Å². The number of ether oxygens (including phenoxy) is 4. The molecule has 1 aliphatic rings. The summed E-state index contributed by atoms with van der Waals surface area (Å²) in [5, 5.41) is 30.8. The summed E-state index contributed by atoms with van der Waals surface area (Å²) < 4.78 is 53.9. The minimum atomic E-state index is -4.60. The Morgan fingerprint density at radius 1 is 0.611 bits per heavy atom. The summed E-state index contributed by atoms with van der Waals surface area (Å²) in [6, 6.07) is 0. The number of carbonyl (C=O) groups excluding carboxylic acids is 2. The first-order valence-electron chi connectivity index (χ1n) is 21.2. The lowest BCUT2D eigenvalue weighted by Gasteiger charge is -2.40. The second-order valence-electron chi connectivity index (χ2n) is 15.0. The standard InChI is InChI=1S/C41H76O12S/c1-3-5-7-9-11-13-15-17-19-21-23-25-27-29-36(42)50-31-34(32-51-41-40(46)39(45)38(44)35(53-41)33-54(47,48)49)52-37(43)30-28-26-24-22-20-18-16-14-12-10-8-6-4-2/h17,19,34-35,38-41,44-46H,3-16,18,20-33H2,1-2H3,(H,47,48,49)/b19-17+/t34?,35-,38-,39+,40-,41+/m1/s1. The number of aliphatic hydroxyl groups excluding tert-OH is 3. The van der Waals surface area contributed by atoms with E-state index in [1.54, 1.807) is 0 Å². The molecule has 4 N–H and O–H groups in total. The van der Waals surface area contributed by atoms with Gasteiger partial charge in [0, 0.05) is 12.8 Å². The summed E-state index contributed by atoms with van der Waals surface area (Å²) in [5.41, 5.74) is 0. The molecule has 0 amide bonds. The van der Waals surface area contributed by atoms with E-state index in [4.69, 9.17) is 18.9 Å². The molecule has 0 radical (unpaired) electrons. The third kappa shape index (κ3) is 27.1. The van der Waals surface area contributed by atoms with E-state index < -0.39 is 71.2 Å². The van der Waals surface area contributed by atoms with Crippen molar-refractivity contribution in [1.29, 1.82) is 0 Å². The Labute approximate surface area is 326 Å². The molecule has 0 aromatic rings. The molecule has 6 atom stereocenters. The monoisotopic (exact) mass is 793 g/mol. The maximum absolute atomic E-state index is 12.8. The van der Waals surface area contributed by atoms with E-state index in [2.05, 4.69) is 26.0 Å². The Kier molecular flexibility index (Phi) is 30.3. The number of hydrogen-bond donors (Lipinski definition) is 4. The third-order valence-corrected chi connectivity index (χ3v) is 10.6. The van der Waals surface area contributed by atoms with Crippen molar-refractivity contribution < 1.29 is 56.8 Å². The van der Waals surface area contributed by atoms with Crippen LogP contribution in [0, 0.1) is 0 Å². The van der Waals surface area contributed by atoms with Crippen molar-refractivity contribution in [3.63, 3.8) is 0 Å². The summed E-state index contributed by atoms with van der Waals surface area (Å²) in [4.78, 5) is 25.3. The number of rotatable bonds is 35. The second kappa shape index (κ2) is 32.5. The predicted molar refractivity (Wildman–Crippen MR) is 210 cm³/mol. The maximum Gasteiger partial charge on any atom is 0.306 e. The number of unbranched alkanes of at least 4 members (excludes halogenated alkanes) is 21. The van der Waals surface area contributed by atoms with Crippen molar-refractivity contribution in [2.24, 2.45) is 0 Å². The fourth-order valence-electron chi connectivity index (χ4n) is 6.49. The zero-order valence-electron chi connectivity index (χ0n) is 33.6. The fourth-order valence-corrected chi connectivity index (χ4v) is 7.19. The molecule has 12 nitrogen and oxygen atoms in total. The Morgan fingerprint density at radius 3 is 1.56 bits per heavy atom. The lowest BCUT2D eigenvalue weighted by Crippen LogP contribution is -2.60. The molecule has 0 bridgehead atoms. The van der Waals surface area contributed by atoms with Gasteiger partial charge in [0.2, 0.25) is 0 Å². The van der Waals surface area contributed by atoms with Crippen molar-refractivity contribution >= 4 is 22.1 Å². The van der Waals surface area contributed by atoms with Crippen molar-refractivity contribution in [1.82, 2.24) is 0 Å². The van der Waals surface area contributed by atoms with Crippen LogP contribution in [0.15, 0.2) is 12.2 Å². The smallest absolute Gasteiger partial charge is 0.306 e. The molecule has 1 unspecified atom stereocenters. The zero-order chi connectivity index (χ0) is 39.9. The van der Waals surface area contributed by atoms with E-state index in [9.17, 15) is 37.9 Å². The van der Waals surface area contributed by atoms with Crippen LogP contribution < -0.4 is 0 Å². The quantitative estimate of drug-likeness (QED) is 0.0211. The van der Waals surface area contributed by atoms with E-state index >= 15 is 0 Å². The van der Waals surface area contributed by atoms with Crippen molar-refractivity contribution in [2.75, 3.05) is 19.0 Å². The summed E-state index contributed by atoms with van der Waals surface area (Å²) in [6.45, 7) is 3.73. The van der Waals surface area contributed by atoms with Crippen LogP contribution in [0.5, 0.6) is 0 Å². The molecule has 1 heterocycles. The van der Waals surface area contributed by atoms with E-state index in [0.29, 0.717) is 12.8 Å². The Bertz CT molecular complexity index is 1070. The van der Waals surface area contributed by atoms with Crippen molar-refractivity contribution in [3.05, 3.63) is 12.2 Å². The average molecular weight is 793 g/mol. The van der Waals surface area contributed by atoms with Gasteiger partial charge in [-0.1, -0.05) is 142 Å². The molecule has 1 aliphatic heterocycles. The van der Waals surface area contributed by atoms with Gasteiger partial charge in [-0.3, -0.25) is 14.1 Å². The highest BCUT2D eigenvalue weighted by molar-refractivity contribution is 7.85. The normalized spacial score (nSPS) is 21.0. The van der Waals surface area contributed by atoms with E-state index in [1.807, 2.05) is 0 Å². The SMILES string of the molecule is CCCCCCCC/C=C/CCCCCC(=O)OCC(CO[C@H]1O[C@H](CS(=O)(=O)O)[C@@H](O)[C@H](O)[C@H]1O)OC(=O)CCCCCCCCCCCCCCC. The van der Waals surface area contributed by atoms with Gasteiger partial charge in [0.05, 0.1) is 6.61 Å². The van der Waals surface area contributed by atoms with Crippen LogP contribution in [0.3, 0.4) is 0 Å². The van der Waals surface area contributed by atoms with Crippen LogP contribution in [-0.2, 0) is 38.7 Å². The van der Waals surface area contributed by atoms with Crippen molar-refractivity contribution in [2.45, 2.75) is 218 Å². The number of aliphatic hydroxyl groups is 3. The second-order valence-corrected chi connectivity index (χ2v) is 16.5. The molecule has 13 heteroatoms. The predicted octanol–water partition coefficient (Wildman–Crippen LogP) is 7.89. The van der Waals surface area contributed by atoms with Crippen LogP contribution >= 0.6 is 0 Å². The van der Waals surface area contributed by atoms with Gasteiger partial charge in [-0.25, -0.2) is 0 Å². The van der Waals surface area contributed by atoms with Gasteiger partial charge >= 0.3 is 11.9 Å². The Hall–Kier alpha value is -1.61. The highest BCUT2D eigenvalue weighted by Gasteiger charge is 2.46. The molecule has 0 saturated carbocycles. The molecule has 1 fully saturated rings. The average Bonchev–Trinajstić information content (AvgIpc) is 3.13. The molecule has 1 rings (SSSR count). The largest absolute Gasteiger partial charge is 0.462 e. The molecule has 318 valence electrons. The summed E-state index contributed by atoms with van der Waals surface area (Å²) in [6.07, 6.45) is 22.6. The van der Waals surface area contributed by atoms with Crippen LogP contribution in [0.1, 0.15) is 181 Å². The van der Waals surface area contributed by atoms with E-state index in [-0.39, 0.29) is 19.4 Å². The Morgan fingerprint density at radius 2 is 1.06 bits per heavy atom. The Balaban J connectivity index is 2.49. The van der Waals surface area contributed by atoms with Gasteiger partial charge in [0.1, 0.15) is 36.8 Å². The molecular weight excluding hydrogens is 717 g/mol. The highest BCUT2D eigenvalue weighted by atomic mass is 32.2. The maximum atomic E-state index is 12.8. The van der Waals surface area contributed by atoms with Crippen LogP contribution in [-0.4, -0.2) is 96.0 Å². The van der Waals surface area contributed by atoms with Gasteiger partial charge in [0.15, 0.2) is 12.4 Å². The van der Waals surface area contributed by atoms with Gasteiger partial charge in [-0.05, 0) is 38.5 Å². The topological polar surface area (TPSA) is 186 Å². The highest BCUT2D eigenvalue weighted by Crippen LogP contribution is 2.24. The number of esters is 2. The molecule has 0 aromatic heterocycles. The number of allylic oxidation sites excluding steroid dienone is 2. The molecule has 54 heavy (non-hydrogen) atoms. The molecule has 0 spiro atoms. The molecule has 0 aliphatic carbocycles. The van der Waals surface area contributed by atoms with Crippen LogP contribution in [0.2, 0.25) is 0 Å². The summed E-state index contributed by atoms with van der Waals surface area (Å²) in [5.74, 6) is -1.99. The van der Waals surface area contributed by atoms with E-state index in [0.717, 1.165) is 44.9 Å². The van der Waals surface area contributed by atoms with Gasteiger partial charge in [-0.2, -0.15) is 8.42 Å². The molecule has 0 aromatic carbocycles. The first-order chi connectivity index (χ1) is 26.0. The first-order valence-corrected chi connectivity index (χ1v) is 22.9. The van der Waals surface area contributed by atoms with E-state index in [1.165, 1.54) is 96.3 Å². The van der Waals surface area contributed by atoms with Crippen LogP contribution in [0.4, 0.5) is 0 Å². The third-order valence-electron chi connectivity index (χ3n) is 9.85. The fraction of sp³-hybridized carbons (Fsp3) is 0.902. The van der Waals surface area contributed by atoms with Crippen LogP contribution in [0.25, 0.3) is 0 Å². The van der Waals surface area contributed by atoms with Gasteiger partial charge in [-0.15, -0.1) is 0 Å². The van der Waals surface area contributed by atoms with Gasteiger partial charge < -0.3 is 34.3 Å². The summed E-state index contributed by atoms with van der Waals surface area (Å²) in [7, 11) is -4.60. The first kappa shape index (κ1) is 50.4. The minimum absolute atomic E-state index is 0.166.